The first kappa shape index (κ1) is 10.3. The SMILES string of the molecule is NCc1c2c(c(CN)c3c1CCC3)CCC2. The predicted octanol–water partition coefficient (Wildman–Crippen LogP) is 1.58. The normalized spacial score (nSPS) is 17.6. The van der Waals surface area contributed by atoms with Gasteiger partial charge in [0.15, 0.2) is 0 Å². The van der Waals surface area contributed by atoms with Gasteiger partial charge in [0.25, 0.3) is 0 Å². The highest BCUT2D eigenvalue weighted by molar-refractivity contribution is 5.55. The fourth-order valence-corrected chi connectivity index (χ4v) is 3.68. The van der Waals surface area contributed by atoms with E-state index in [2.05, 4.69) is 0 Å². The van der Waals surface area contributed by atoms with Gasteiger partial charge in [0.05, 0.1) is 0 Å². The maximum Gasteiger partial charge on any atom is 0.0183 e. The van der Waals surface area contributed by atoms with Gasteiger partial charge in [-0.15, -0.1) is 0 Å². The third kappa shape index (κ3) is 1.26. The molecule has 0 amide bonds. The monoisotopic (exact) mass is 216 g/mol. The molecule has 0 aromatic heterocycles. The molecule has 0 bridgehead atoms. The average Bonchev–Trinajstić information content (AvgIpc) is 2.93. The molecule has 0 spiro atoms. The summed E-state index contributed by atoms with van der Waals surface area (Å²) in [5.74, 6) is 0. The summed E-state index contributed by atoms with van der Waals surface area (Å²) in [6, 6.07) is 0. The maximum atomic E-state index is 5.96. The van der Waals surface area contributed by atoms with Crippen LogP contribution < -0.4 is 11.5 Å². The minimum atomic E-state index is 0.718. The molecule has 0 aliphatic heterocycles. The lowest BCUT2D eigenvalue weighted by Crippen LogP contribution is -2.12. The topological polar surface area (TPSA) is 52.0 Å². The third-order valence-electron chi connectivity index (χ3n) is 4.30. The molecule has 3 rings (SSSR count). The molecule has 86 valence electrons. The third-order valence-corrected chi connectivity index (χ3v) is 4.30. The van der Waals surface area contributed by atoms with E-state index in [4.69, 9.17) is 11.5 Å². The van der Waals surface area contributed by atoms with Crippen molar-refractivity contribution < 1.29 is 0 Å². The van der Waals surface area contributed by atoms with E-state index in [1.807, 2.05) is 0 Å². The number of rotatable bonds is 2. The Bertz CT molecular complexity index is 361. The van der Waals surface area contributed by atoms with Crippen molar-refractivity contribution in [3.05, 3.63) is 33.4 Å². The Balaban J connectivity index is 2.29. The minimum absolute atomic E-state index is 0.718. The van der Waals surface area contributed by atoms with Crippen LogP contribution in [0.15, 0.2) is 0 Å². The molecule has 0 saturated heterocycles. The molecule has 2 heteroatoms. The van der Waals surface area contributed by atoms with Crippen LogP contribution in [0.2, 0.25) is 0 Å². The second kappa shape index (κ2) is 3.86. The largest absolute Gasteiger partial charge is 0.326 e. The van der Waals surface area contributed by atoms with Crippen molar-refractivity contribution in [3.63, 3.8) is 0 Å². The lowest BCUT2D eigenvalue weighted by atomic mass is 9.89. The van der Waals surface area contributed by atoms with Gasteiger partial charge < -0.3 is 11.5 Å². The highest BCUT2D eigenvalue weighted by atomic mass is 14.6. The summed E-state index contributed by atoms with van der Waals surface area (Å²) in [6.45, 7) is 1.44. The molecule has 4 N–H and O–H groups in total. The van der Waals surface area contributed by atoms with Crippen LogP contribution in [0.25, 0.3) is 0 Å². The molecule has 2 aliphatic carbocycles. The Kier molecular flexibility index (Phi) is 2.49. The van der Waals surface area contributed by atoms with Crippen molar-refractivity contribution in [2.75, 3.05) is 0 Å². The van der Waals surface area contributed by atoms with Crippen molar-refractivity contribution in [1.82, 2.24) is 0 Å². The summed E-state index contributed by atoms with van der Waals surface area (Å²) in [5, 5.41) is 0. The van der Waals surface area contributed by atoms with Gasteiger partial charge in [0.2, 0.25) is 0 Å². The Morgan fingerprint density at radius 1 is 0.625 bits per heavy atom. The zero-order valence-electron chi connectivity index (χ0n) is 9.81. The number of hydrogen-bond donors (Lipinski definition) is 2. The van der Waals surface area contributed by atoms with Crippen LogP contribution in [0.1, 0.15) is 46.2 Å². The van der Waals surface area contributed by atoms with E-state index in [-0.39, 0.29) is 0 Å². The molecule has 0 unspecified atom stereocenters. The van der Waals surface area contributed by atoms with Crippen LogP contribution in [-0.4, -0.2) is 0 Å². The zero-order valence-corrected chi connectivity index (χ0v) is 9.81. The van der Waals surface area contributed by atoms with E-state index in [1.165, 1.54) is 49.7 Å². The smallest absolute Gasteiger partial charge is 0.0183 e. The van der Waals surface area contributed by atoms with E-state index in [0.717, 1.165) is 13.1 Å². The van der Waals surface area contributed by atoms with Crippen LogP contribution in [0.4, 0.5) is 0 Å². The maximum absolute atomic E-state index is 5.96. The van der Waals surface area contributed by atoms with E-state index in [1.54, 1.807) is 22.3 Å². The summed E-state index contributed by atoms with van der Waals surface area (Å²) in [4.78, 5) is 0. The molecule has 0 atom stereocenters. The number of fused-ring (bicyclic) bond motifs is 2. The van der Waals surface area contributed by atoms with Gasteiger partial charge in [-0.1, -0.05) is 0 Å². The molecule has 2 aliphatic rings. The van der Waals surface area contributed by atoms with Gasteiger partial charge in [-0.25, -0.2) is 0 Å². The fraction of sp³-hybridized carbons (Fsp3) is 0.571. The fourth-order valence-electron chi connectivity index (χ4n) is 3.68. The molecule has 1 aromatic carbocycles. The van der Waals surface area contributed by atoms with Gasteiger partial charge in [0, 0.05) is 13.1 Å². The first-order chi connectivity index (χ1) is 7.86. The van der Waals surface area contributed by atoms with Gasteiger partial charge in [-0.3, -0.25) is 0 Å². The van der Waals surface area contributed by atoms with Gasteiger partial charge in [0.1, 0.15) is 0 Å². The highest BCUT2D eigenvalue weighted by Crippen LogP contribution is 2.38. The summed E-state index contributed by atoms with van der Waals surface area (Å²) in [6.07, 6.45) is 7.48. The number of nitrogens with two attached hydrogens (primary N) is 2. The molecule has 16 heavy (non-hydrogen) atoms. The Morgan fingerprint density at radius 3 is 1.19 bits per heavy atom. The molecule has 0 saturated carbocycles. The van der Waals surface area contributed by atoms with Crippen LogP contribution in [0.5, 0.6) is 0 Å². The molecule has 0 fully saturated rings. The van der Waals surface area contributed by atoms with E-state index in [0.29, 0.717) is 0 Å². The molecular weight excluding hydrogens is 196 g/mol. The van der Waals surface area contributed by atoms with E-state index < -0.39 is 0 Å². The second-order valence-electron chi connectivity index (χ2n) is 4.99. The quantitative estimate of drug-likeness (QED) is 0.788. The van der Waals surface area contributed by atoms with Crippen molar-refractivity contribution in [2.45, 2.75) is 51.6 Å². The van der Waals surface area contributed by atoms with Crippen LogP contribution in [0, 0.1) is 0 Å². The average molecular weight is 216 g/mol. The summed E-state index contributed by atoms with van der Waals surface area (Å²) >= 11 is 0. The Morgan fingerprint density at radius 2 is 0.938 bits per heavy atom. The van der Waals surface area contributed by atoms with Gasteiger partial charge in [-0.05, 0) is 71.9 Å². The first-order valence-electron chi connectivity index (χ1n) is 6.44. The number of benzene rings is 1. The predicted molar refractivity (Wildman–Crippen MR) is 66.3 cm³/mol. The summed E-state index contributed by atoms with van der Waals surface area (Å²) in [5.41, 5.74) is 21.1. The van der Waals surface area contributed by atoms with E-state index in [9.17, 15) is 0 Å². The lowest BCUT2D eigenvalue weighted by Gasteiger charge is -2.18. The molecule has 2 nitrogen and oxygen atoms in total. The standard InChI is InChI=1S/C14H20N2/c15-7-13-9-3-1-4-10(9)14(8-16)12-6-2-5-11(12)13/h1-8,15-16H2. The second-order valence-corrected chi connectivity index (χ2v) is 4.99. The van der Waals surface area contributed by atoms with Gasteiger partial charge in [-0.2, -0.15) is 0 Å². The van der Waals surface area contributed by atoms with Crippen molar-refractivity contribution in [1.29, 1.82) is 0 Å². The molecule has 0 heterocycles. The van der Waals surface area contributed by atoms with Gasteiger partial charge >= 0.3 is 0 Å². The first-order valence-corrected chi connectivity index (χ1v) is 6.44. The number of hydrogen-bond acceptors (Lipinski definition) is 2. The molecule has 0 radical (unpaired) electrons. The molecule has 1 aromatic rings. The molecular formula is C14H20N2. The lowest BCUT2D eigenvalue weighted by molar-refractivity contribution is 0.874. The summed E-state index contributed by atoms with van der Waals surface area (Å²) in [7, 11) is 0. The van der Waals surface area contributed by atoms with Crippen molar-refractivity contribution >= 4 is 0 Å². The zero-order chi connectivity index (χ0) is 11.1. The van der Waals surface area contributed by atoms with Crippen molar-refractivity contribution in [2.24, 2.45) is 11.5 Å². The van der Waals surface area contributed by atoms with Crippen molar-refractivity contribution in [3.8, 4) is 0 Å². The van der Waals surface area contributed by atoms with Crippen LogP contribution in [-0.2, 0) is 38.8 Å². The Labute approximate surface area is 97.0 Å². The van der Waals surface area contributed by atoms with Crippen LogP contribution >= 0.6 is 0 Å². The van der Waals surface area contributed by atoms with E-state index >= 15 is 0 Å². The van der Waals surface area contributed by atoms with Crippen LogP contribution in [0.3, 0.4) is 0 Å². The summed E-state index contributed by atoms with van der Waals surface area (Å²) < 4.78 is 0. The highest BCUT2D eigenvalue weighted by Gasteiger charge is 2.26. The Hall–Kier alpha value is -0.860. The minimum Gasteiger partial charge on any atom is -0.326 e.